The topological polar surface area (TPSA) is 96.6 Å². The number of carbonyl (C=O) groups is 1. The van der Waals surface area contributed by atoms with Gasteiger partial charge in [-0.15, -0.1) is 0 Å². The van der Waals surface area contributed by atoms with E-state index in [0.717, 1.165) is 17.9 Å². The van der Waals surface area contributed by atoms with Crippen LogP contribution in [0.25, 0.3) is 0 Å². The highest BCUT2D eigenvalue weighted by Crippen LogP contribution is 2.58. The number of hydrogen-bond donors (Lipinski definition) is 2. The molecule has 1 amide bonds. The van der Waals surface area contributed by atoms with Crippen LogP contribution in [0.2, 0.25) is 0 Å². The first-order valence-electron chi connectivity index (χ1n) is 8.90. The summed E-state index contributed by atoms with van der Waals surface area (Å²) in [6.45, 7) is 6.96. The molecule has 2 atom stereocenters. The second-order valence-corrected chi connectivity index (χ2v) is 7.46. The third kappa shape index (κ3) is 3.21. The molecular formula is C19H24N4O3. The minimum absolute atomic E-state index is 0.124. The molecule has 0 aliphatic heterocycles. The van der Waals surface area contributed by atoms with E-state index < -0.39 is 10.8 Å². The molecule has 138 valence electrons. The number of nitrogens with zero attached hydrogens (tertiary/aromatic N) is 2. The molecule has 0 spiro atoms. The van der Waals surface area contributed by atoms with E-state index in [-0.39, 0.29) is 11.3 Å². The number of allylic oxidation sites excluding steroid dienone is 2. The fraction of sp³-hybridized carbons (Fsp3) is 0.474. The van der Waals surface area contributed by atoms with Crippen molar-refractivity contribution in [2.45, 2.75) is 33.6 Å². The molecule has 26 heavy (non-hydrogen) atoms. The van der Waals surface area contributed by atoms with Gasteiger partial charge in [-0.05, 0) is 54.7 Å². The second-order valence-electron chi connectivity index (χ2n) is 7.46. The van der Waals surface area contributed by atoms with Crippen molar-refractivity contribution in [1.29, 1.82) is 0 Å². The fourth-order valence-electron chi connectivity index (χ4n) is 3.94. The molecule has 7 nitrogen and oxygen atoms in total. The first-order valence-corrected chi connectivity index (χ1v) is 8.90. The fourth-order valence-corrected chi connectivity index (χ4v) is 3.94. The maximum absolute atomic E-state index is 12.3. The number of rotatable bonds is 6. The van der Waals surface area contributed by atoms with Crippen molar-refractivity contribution in [2.75, 3.05) is 11.9 Å². The number of hydrazone groups is 1. The zero-order valence-electron chi connectivity index (χ0n) is 15.3. The Balaban J connectivity index is 1.68. The van der Waals surface area contributed by atoms with Gasteiger partial charge in [0.15, 0.2) is 0 Å². The SMILES string of the molecule is CCNc1ccc(C(=O)N/N=C/C2=CCC3CC2C3(C)C)cc1[N+](=O)[O-]. The van der Waals surface area contributed by atoms with Gasteiger partial charge in [0.1, 0.15) is 5.69 Å². The quantitative estimate of drug-likeness (QED) is 0.461. The van der Waals surface area contributed by atoms with Crippen LogP contribution in [-0.4, -0.2) is 23.6 Å². The number of nitro groups is 1. The van der Waals surface area contributed by atoms with E-state index in [1.165, 1.54) is 12.5 Å². The number of hydrogen-bond acceptors (Lipinski definition) is 5. The molecule has 1 saturated carbocycles. The molecule has 0 heterocycles. The highest BCUT2D eigenvalue weighted by Gasteiger charge is 2.50. The highest BCUT2D eigenvalue weighted by atomic mass is 16.6. The Kier molecular flexibility index (Phi) is 4.80. The van der Waals surface area contributed by atoms with Crippen molar-refractivity contribution in [3.63, 3.8) is 0 Å². The molecule has 0 saturated heterocycles. The summed E-state index contributed by atoms with van der Waals surface area (Å²) in [5.41, 5.74) is 4.41. The number of carbonyl (C=O) groups excluding carboxylic acids is 1. The Hall–Kier alpha value is -2.70. The van der Waals surface area contributed by atoms with E-state index in [9.17, 15) is 14.9 Å². The zero-order valence-corrected chi connectivity index (χ0v) is 15.3. The summed E-state index contributed by atoms with van der Waals surface area (Å²) in [5.74, 6) is 0.770. The van der Waals surface area contributed by atoms with Crippen LogP contribution in [0.4, 0.5) is 11.4 Å². The minimum atomic E-state index is -0.500. The average molecular weight is 356 g/mol. The first kappa shape index (κ1) is 18.1. The third-order valence-electron chi connectivity index (χ3n) is 5.71. The summed E-state index contributed by atoms with van der Waals surface area (Å²) in [4.78, 5) is 23.0. The summed E-state index contributed by atoms with van der Waals surface area (Å²) in [6, 6.07) is 4.36. The van der Waals surface area contributed by atoms with Crippen molar-refractivity contribution in [3.8, 4) is 0 Å². The normalized spacial score (nSPS) is 23.1. The molecule has 7 heteroatoms. The molecule has 3 aliphatic rings. The summed E-state index contributed by atoms with van der Waals surface area (Å²) in [5, 5.41) is 18.2. The van der Waals surface area contributed by atoms with Crippen LogP contribution in [0.15, 0.2) is 34.9 Å². The van der Waals surface area contributed by atoms with E-state index >= 15 is 0 Å². The maximum Gasteiger partial charge on any atom is 0.293 e. The number of nitrogens with one attached hydrogen (secondary N) is 2. The largest absolute Gasteiger partial charge is 0.380 e. The lowest BCUT2D eigenvalue weighted by molar-refractivity contribution is -0.384. The second kappa shape index (κ2) is 6.90. The lowest BCUT2D eigenvalue weighted by Gasteiger charge is -2.55. The van der Waals surface area contributed by atoms with Crippen LogP contribution in [0.1, 0.15) is 44.0 Å². The molecule has 2 unspecified atom stereocenters. The number of benzene rings is 1. The van der Waals surface area contributed by atoms with Gasteiger partial charge in [0.05, 0.1) is 11.1 Å². The Morgan fingerprint density at radius 2 is 2.23 bits per heavy atom. The zero-order chi connectivity index (χ0) is 18.9. The van der Waals surface area contributed by atoms with E-state index in [1.54, 1.807) is 18.3 Å². The Morgan fingerprint density at radius 3 is 2.85 bits per heavy atom. The van der Waals surface area contributed by atoms with Crippen LogP contribution in [0.3, 0.4) is 0 Å². The Morgan fingerprint density at radius 1 is 1.46 bits per heavy atom. The number of anilines is 1. The minimum Gasteiger partial charge on any atom is -0.380 e. The molecule has 1 aromatic rings. The van der Waals surface area contributed by atoms with E-state index in [2.05, 4.69) is 35.8 Å². The van der Waals surface area contributed by atoms with E-state index in [0.29, 0.717) is 23.6 Å². The summed E-state index contributed by atoms with van der Waals surface area (Å²) in [6.07, 6.45) is 6.13. The van der Waals surface area contributed by atoms with Crippen LogP contribution in [-0.2, 0) is 0 Å². The van der Waals surface area contributed by atoms with Crippen LogP contribution < -0.4 is 10.7 Å². The number of fused-ring (bicyclic) bond motifs is 1. The van der Waals surface area contributed by atoms with Crippen molar-refractivity contribution in [2.24, 2.45) is 22.4 Å². The van der Waals surface area contributed by atoms with Gasteiger partial charge in [-0.25, -0.2) is 5.43 Å². The van der Waals surface area contributed by atoms with Crippen LogP contribution in [0.5, 0.6) is 0 Å². The molecule has 2 N–H and O–H groups in total. The average Bonchev–Trinajstić information content (AvgIpc) is 2.62. The first-order chi connectivity index (χ1) is 12.3. The number of amides is 1. The molecule has 0 radical (unpaired) electrons. The molecule has 1 fully saturated rings. The smallest absolute Gasteiger partial charge is 0.293 e. The van der Waals surface area contributed by atoms with Gasteiger partial charge in [-0.2, -0.15) is 5.10 Å². The van der Waals surface area contributed by atoms with Crippen molar-refractivity contribution in [3.05, 3.63) is 45.5 Å². The lowest BCUT2D eigenvalue weighted by Crippen LogP contribution is -2.48. The van der Waals surface area contributed by atoms with Crippen LogP contribution >= 0.6 is 0 Å². The summed E-state index contributed by atoms with van der Waals surface area (Å²) < 4.78 is 0. The van der Waals surface area contributed by atoms with Gasteiger partial charge >= 0.3 is 0 Å². The van der Waals surface area contributed by atoms with Gasteiger partial charge < -0.3 is 5.32 Å². The summed E-state index contributed by atoms with van der Waals surface area (Å²) >= 11 is 0. The Bertz CT molecular complexity index is 798. The molecule has 0 aromatic heterocycles. The van der Waals surface area contributed by atoms with Gasteiger partial charge in [0, 0.05) is 18.2 Å². The van der Waals surface area contributed by atoms with Crippen LogP contribution in [0, 0.1) is 27.4 Å². The standard InChI is InChI=1S/C19H24N4O3/c1-4-20-16-8-6-12(9-17(16)23(25)26)18(24)22-21-11-13-5-7-14-10-15(13)19(14,2)3/h5-6,8-9,11,14-15,20H,4,7,10H2,1-3H3,(H,22,24)/b21-11+. The van der Waals surface area contributed by atoms with Gasteiger partial charge in [0.2, 0.25) is 0 Å². The van der Waals surface area contributed by atoms with E-state index in [4.69, 9.17) is 0 Å². The highest BCUT2D eigenvalue weighted by molar-refractivity contribution is 5.96. The molecule has 4 rings (SSSR count). The molecule has 2 bridgehead atoms. The Labute approximate surface area is 152 Å². The van der Waals surface area contributed by atoms with Crippen molar-refractivity contribution >= 4 is 23.5 Å². The predicted octanol–water partition coefficient (Wildman–Crippen LogP) is 3.73. The maximum atomic E-state index is 12.3. The third-order valence-corrected chi connectivity index (χ3v) is 5.71. The van der Waals surface area contributed by atoms with Gasteiger partial charge in [0.25, 0.3) is 11.6 Å². The predicted molar refractivity (Wildman–Crippen MR) is 101 cm³/mol. The molecule has 1 aromatic carbocycles. The monoisotopic (exact) mass is 356 g/mol. The molecule has 3 aliphatic carbocycles. The number of nitro benzene ring substituents is 1. The van der Waals surface area contributed by atoms with E-state index in [1.807, 2.05) is 6.92 Å². The van der Waals surface area contributed by atoms with Gasteiger partial charge in [-0.3, -0.25) is 14.9 Å². The van der Waals surface area contributed by atoms with Crippen molar-refractivity contribution in [1.82, 2.24) is 5.43 Å². The van der Waals surface area contributed by atoms with Gasteiger partial charge in [-0.1, -0.05) is 19.9 Å². The lowest BCUT2D eigenvalue weighted by atomic mass is 9.49. The molecular weight excluding hydrogens is 332 g/mol. The summed E-state index contributed by atoms with van der Waals surface area (Å²) in [7, 11) is 0. The van der Waals surface area contributed by atoms with Crippen molar-refractivity contribution < 1.29 is 9.72 Å².